The molecule has 0 fully saturated rings. The van der Waals surface area contributed by atoms with Crippen LogP contribution in [0, 0.1) is 10.1 Å². The summed E-state index contributed by atoms with van der Waals surface area (Å²) in [7, 11) is 0. The fourth-order valence-corrected chi connectivity index (χ4v) is 1.50. The highest BCUT2D eigenvalue weighted by Gasteiger charge is 2.24. The van der Waals surface area contributed by atoms with Gasteiger partial charge in [-0.25, -0.2) is 0 Å². The highest BCUT2D eigenvalue weighted by Crippen LogP contribution is 2.28. The van der Waals surface area contributed by atoms with Gasteiger partial charge in [-0.1, -0.05) is 6.07 Å². The molecule has 7 heteroatoms. The van der Waals surface area contributed by atoms with E-state index in [2.05, 4.69) is 5.32 Å². The molecule has 0 aliphatic rings. The first-order valence-corrected chi connectivity index (χ1v) is 5.83. The Bertz CT molecular complexity index is 473. The second-order valence-electron chi connectivity index (χ2n) is 3.90. The van der Waals surface area contributed by atoms with E-state index in [1.807, 2.05) is 0 Å². The second kappa shape index (κ2) is 6.69. The quantitative estimate of drug-likeness (QED) is 0.594. The summed E-state index contributed by atoms with van der Waals surface area (Å²) < 4.78 is 5.23. The Morgan fingerprint density at radius 1 is 1.58 bits per heavy atom. The Kier molecular flexibility index (Phi) is 5.25. The number of hydrogen-bond acceptors (Lipinski definition) is 5. The fourth-order valence-electron chi connectivity index (χ4n) is 1.50. The molecule has 0 bridgehead atoms. The molecule has 1 aromatic rings. The van der Waals surface area contributed by atoms with Crippen LogP contribution in [0.3, 0.4) is 0 Å². The molecule has 0 aliphatic carbocycles. The number of benzene rings is 1. The lowest BCUT2D eigenvalue weighted by atomic mass is 10.1. The van der Waals surface area contributed by atoms with Crippen LogP contribution in [0.4, 0.5) is 5.69 Å². The molecular weight excluding hydrogens is 252 g/mol. The minimum atomic E-state index is -0.734. The molecule has 1 amide bonds. The third kappa shape index (κ3) is 3.92. The summed E-state index contributed by atoms with van der Waals surface area (Å²) in [5.41, 5.74) is -0.455. The molecule has 1 atom stereocenters. The molecule has 2 N–H and O–H groups in total. The third-order valence-corrected chi connectivity index (χ3v) is 2.29. The van der Waals surface area contributed by atoms with E-state index in [1.54, 1.807) is 6.92 Å². The molecule has 104 valence electrons. The maximum absolute atomic E-state index is 12.0. The van der Waals surface area contributed by atoms with Gasteiger partial charge in [0, 0.05) is 12.6 Å². The molecule has 0 unspecified atom stereocenters. The van der Waals surface area contributed by atoms with E-state index in [0.29, 0.717) is 0 Å². The number of amides is 1. The highest BCUT2D eigenvalue weighted by atomic mass is 16.6. The SMILES string of the molecule is CCOc1cccc([N+](=O)[O-])c1C(=O)NC[C@@H](C)O. The monoisotopic (exact) mass is 268 g/mol. The van der Waals surface area contributed by atoms with Crippen molar-refractivity contribution in [3.05, 3.63) is 33.9 Å². The van der Waals surface area contributed by atoms with Crippen molar-refractivity contribution in [3.63, 3.8) is 0 Å². The molecule has 0 aromatic heterocycles. The van der Waals surface area contributed by atoms with Crippen LogP contribution in [0.1, 0.15) is 24.2 Å². The maximum atomic E-state index is 12.0. The summed E-state index contributed by atoms with van der Waals surface area (Å²) in [5, 5.41) is 22.5. The number of hydrogen-bond donors (Lipinski definition) is 2. The Labute approximate surface area is 110 Å². The van der Waals surface area contributed by atoms with E-state index in [1.165, 1.54) is 25.1 Å². The van der Waals surface area contributed by atoms with Gasteiger partial charge < -0.3 is 15.2 Å². The zero-order valence-electron chi connectivity index (χ0n) is 10.8. The molecule has 0 saturated carbocycles. The predicted molar refractivity (Wildman–Crippen MR) is 68.3 cm³/mol. The maximum Gasteiger partial charge on any atom is 0.285 e. The van der Waals surface area contributed by atoms with Crippen LogP contribution in [-0.4, -0.2) is 35.2 Å². The molecule has 0 spiro atoms. The highest BCUT2D eigenvalue weighted by molar-refractivity contribution is 6.00. The van der Waals surface area contributed by atoms with E-state index in [-0.39, 0.29) is 30.2 Å². The van der Waals surface area contributed by atoms with Gasteiger partial charge in [0.05, 0.1) is 17.6 Å². The molecule has 0 saturated heterocycles. The summed E-state index contributed by atoms with van der Waals surface area (Å²) in [4.78, 5) is 22.3. The largest absolute Gasteiger partial charge is 0.493 e. The molecular formula is C12H16N2O5. The van der Waals surface area contributed by atoms with Crippen LogP contribution in [0.5, 0.6) is 5.75 Å². The number of carbonyl (C=O) groups excluding carboxylic acids is 1. The van der Waals surface area contributed by atoms with Gasteiger partial charge in [-0.05, 0) is 19.9 Å². The summed E-state index contributed by atoms with van der Waals surface area (Å²) >= 11 is 0. The summed E-state index contributed by atoms with van der Waals surface area (Å²) in [5.74, 6) is -0.489. The van der Waals surface area contributed by atoms with Gasteiger partial charge in [0.2, 0.25) is 0 Å². The van der Waals surface area contributed by atoms with Crippen molar-refractivity contribution in [1.29, 1.82) is 0 Å². The van der Waals surface area contributed by atoms with Crippen molar-refractivity contribution < 1.29 is 19.6 Å². The third-order valence-electron chi connectivity index (χ3n) is 2.29. The van der Waals surface area contributed by atoms with Crippen LogP contribution in [-0.2, 0) is 0 Å². The average molecular weight is 268 g/mol. The van der Waals surface area contributed by atoms with Gasteiger partial charge in [0.25, 0.3) is 11.6 Å². The number of carbonyl (C=O) groups is 1. The number of nitrogens with zero attached hydrogens (tertiary/aromatic N) is 1. The van der Waals surface area contributed by atoms with Crippen molar-refractivity contribution in [1.82, 2.24) is 5.32 Å². The minimum absolute atomic E-state index is 0.0104. The molecule has 0 aliphatic heterocycles. The van der Waals surface area contributed by atoms with Gasteiger partial charge in [-0.15, -0.1) is 0 Å². The van der Waals surface area contributed by atoms with Crippen molar-refractivity contribution >= 4 is 11.6 Å². The standard InChI is InChI=1S/C12H16N2O5/c1-3-19-10-6-4-5-9(14(17)18)11(10)12(16)13-7-8(2)15/h4-6,8,15H,3,7H2,1-2H3,(H,13,16)/t8-/m1/s1. The first-order valence-electron chi connectivity index (χ1n) is 5.83. The lowest BCUT2D eigenvalue weighted by molar-refractivity contribution is -0.385. The van der Waals surface area contributed by atoms with Crippen LogP contribution < -0.4 is 10.1 Å². The average Bonchev–Trinajstić information content (AvgIpc) is 2.36. The van der Waals surface area contributed by atoms with E-state index in [4.69, 9.17) is 9.84 Å². The number of nitro groups is 1. The van der Waals surface area contributed by atoms with Crippen molar-refractivity contribution in [2.45, 2.75) is 20.0 Å². The molecule has 19 heavy (non-hydrogen) atoms. The zero-order chi connectivity index (χ0) is 14.4. The lowest BCUT2D eigenvalue weighted by Crippen LogP contribution is -2.31. The Morgan fingerprint density at radius 3 is 2.79 bits per heavy atom. The van der Waals surface area contributed by atoms with E-state index < -0.39 is 16.9 Å². The number of ether oxygens (including phenoxy) is 1. The van der Waals surface area contributed by atoms with Crippen LogP contribution in [0.25, 0.3) is 0 Å². The van der Waals surface area contributed by atoms with Crippen molar-refractivity contribution in [2.24, 2.45) is 0 Å². The second-order valence-corrected chi connectivity index (χ2v) is 3.90. The molecule has 1 aromatic carbocycles. The minimum Gasteiger partial charge on any atom is -0.493 e. The zero-order valence-corrected chi connectivity index (χ0v) is 10.8. The van der Waals surface area contributed by atoms with Crippen LogP contribution >= 0.6 is 0 Å². The summed E-state index contributed by atoms with van der Waals surface area (Å²) in [6.07, 6.45) is -0.734. The van der Waals surface area contributed by atoms with Gasteiger partial charge in [0.1, 0.15) is 5.75 Å². The van der Waals surface area contributed by atoms with Gasteiger partial charge >= 0.3 is 0 Å². The molecule has 7 nitrogen and oxygen atoms in total. The number of nitro benzene ring substituents is 1. The Hall–Kier alpha value is -2.15. The topological polar surface area (TPSA) is 102 Å². The predicted octanol–water partition coefficient (Wildman–Crippen LogP) is 1.10. The van der Waals surface area contributed by atoms with E-state index in [0.717, 1.165) is 0 Å². The fraction of sp³-hybridized carbons (Fsp3) is 0.417. The Morgan fingerprint density at radius 2 is 2.26 bits per heavy atom. The lowest BCUT2D eigenvalue weighted by Gasteiger charge is -2.11. The number of rotatable bonds is 6. The van der Waals surface area contributed by atoms with E-state index in [9.17, 15) is 14.9 Å². The van der Waals surface area contributed by atoms with Gasteiger partial charge in [-0.3, -0.25) is 14.9 Å². The smallest absolute Gasteiger partial charge is 0.285 e. The van der Waals surface area contributed by atoms with Gasteiger partial charge in [0.15, 0.2) is 5.56 Å². The molecule has 0 radical (unpaired) electrons. The van der Waals surface area contributed by atoms with Crippen LogP contribution in [0.2, 0.25) is 0 Å². The normalized spacial score (nSPS) is 11.7. The van der Waals surface area contributed by atoms with Crippen molar-refractivity contribution in [2.75, 3.05) is 13.2 Å². The summed E-state index contributed by atoms with van der Waals surface area (Å²) in [6, 6.07) is 4.18. The number of nitrogens with one attached hydrogen (secondary N) is 1. The first kappa shape index (κ1) is 14.9. The van der Waals surface area contributed by atoms with Gasteiger partial charge in [-0.2, -0.15) is 0 Å². The summed E-state index contributed by atoms with van der Waals surface area (Å²) in [6.45, 7) is 3.52. The van der Waals surface area contributed by atoms with Crippen molar-refractivity contribution in [3.8, 4) is 5.75 Å². The number of aliphatic hydroxyl groups excluding tert-OH is 1. The van der Waals surface area contributed by atoms with Crippen LogP contribution in [0.15, 0.2) is 18.2 Å². The first-order chi connectivity index (χ1) is 8.97. The molecule has 0 heterocycles. The Balaban J connectivity index is 3.13. The number of aliphatic hydroxyl groups is 1. The van der Waals surface area contributed by atoms with E-state index >= 15 is 0 Å². The molecule has 1 rings (SSSR count).